The lowest BCUT2D eigenvalue weighted by Crippen LogP contribution is -2.47. The SMILES string of the molecule is CC(C)(C)CN1CCC[C@@]2(CCN(C(=O)COc3ccc(Cl)cc3)C2)C1. The second kappa shape index (κ2) is 7.77. The highest BCUT2D eigenvalue weighted by atomic mass is 35.5. The van der Waals surface area contributed by atoms with E-state index in [2.05, 4.69) is 25.7 Å². The molecule has 3 rings (SSSR count). The molecule has 0 bridgehead atoms. The number of halogens is 1. The summed E-state index contributed by atoms with van der Waals surface area (Å²) < 4.78 is 5.64. The standard InChI is InChI=1S/C21H31ClN2O2/c1-20(2,3)14-23-11-4-9-21(15-23)10-12-24(16-21)19(25)13-26-18-7-5-17(22)6-8-18/h5-8H,4,9-16H2,1-3H3/t21-/m1/s1. The van der Waals surface area contributed by atoms with Crippen molar-refractivity contribution in [3.05, 3.63) is 29.3 Å². The van der Waals surface area contributed by atoms with Gasteiger partial charge in [0.05, 0.1) is 0 Å². The van der Waals surface area contributed by atoms with Crippen LogP contribution in [0.15, 0.2) is 24.3 Å². The second-order valence-corrected chi connectivity index (χ2v) is 9.62. The van der Waals surface area contributed by atoms with Crippen LogP contribution in [0.5, 0.6) is 5.75 Å². The van der Waals surface area contributed by atoms with Gasteiger partial charge in [-0.1, -0.05) is 32.4 Å². The molecular weight excluding hydrogens is 348 g/mol. The number of carbonyl (C=O) groups is 1. The molecule has 2 aliphatic rings. The molecule has 0 radical (unpaired) electrons. The van der Waals surface area contributed by atoms with Gasteiger partial charge in [0.1, 0.15) is 5.75 Å². The molecule has 0 saturated carbocycles. The first-order valence-electron chi connectivity index (χ1n) is 9.63. The fourth-order valence-electron chi connectivity index (χ4n) is 4.36. The topological polar surface area (TPSA) is 32.8 Å². The minimum atomic E-state index is 0.0877. The van der Waals surface area contributed by atoms with Gasteiger partial charge in [-0.25, -0.2) is 0 Å². The first-order valence-corrected chi connectivity index (χ1v) is 10.0. The zero-order valence-corrected chi connectivity index (χ0v) is 17.0. The van der Waals surface area contributed by atoms with E-state index in [0.29, 0.717) is 16.2 Å². The maximum Gasteiger partial charge on any atom is 0.260 e. The lowest BCUT2D eigenvalue weighted by Gasteiger charge is -2.42. The first-order chi connectivity index (χ1) is 12.2. The van der Waals surface area contributed by atoms with Crippen molar-refractivity contribution < 1.29 is 9.53 Å². The van der Waals surface area contributed by atoms with Crippen LogP contribution in [-0.4, -0.2) is 55.0 Å². The Bertz CT molecular complexity index is 626. The second-order valence-electron chi connectivity index (χ2n) is 9.18. The summed E-state index contributed by atoms with van der Waals surface area (Å²) >= 11 is 5.88. The summed E-state index contributed by atoms with van der Waals surface area (Å²) in [6.45, 7) is 12.2. The molecule has 0 aliphatic carbocycles. The molecule has 0 N–H and O–H groups in total. The molecule has 4 nitrogen and oxygen atoms in total. The minimum absolute atomic E-state index is 0.0877. The highest BCUT2D eigenvalue weighted by Crippen LogP contribution is 2.39. The van der Waals surface area contributed by atoms with Crippen LogP contribution in [0.1, 0.15) is 40.0 Å². The van der Waals surface area contributed by atoms with Crippen LogP contribution in [0.4, 0.5) is 0 Å². The Morgan fingerprint density at radius 3 is 2.58 bits per heavy atom. The van der Waals surface area contributed by atoms with Crippen LogP contribution in [0.2, 0.25) is 5.02 Å². The molecule has 2 saturated heterocycles. The van der Waals surface area contributed by atoms with Crippen molar-refractivity contribution in [3.8, 4) is 5.75 Å². The van der Waals surface area contributed by atoms with Gasteiger partial charge in [0, 0.05) is 36.6 Å². The van der Waals surface area contributed by atoms with Crippen LogP contribution in [0.25, 0.3) is 0 Å². The van der Waals surface area contributed by atoms with Gasteiger partial charge in [-0.2, -0.15) is 0 Å². The fourth-order valence-corrected chi connectivity index (χ4v) is 4.49. The third-order valence-electron chi connectivity index (χ3n) is 5.41. The van der Waals surface area contributed by atoms with Gasteiger partial charge in [-0.05, 0) is 55.5 Å². The molecule has 2 heterocycles. The molecule has 1 amide bonds. The summed E-state index contributed by atoms with van der Waals surface area (Å²) in [5.74, 6) is 0.774. The van der Waals surface area contributed by atoms with E-state index in [1.807, 2.05) is 4.90 Å². The Labute approximate surface area is 162 Å². The van der Waals surface area contributed by atoms with E-state index < -0.39 is 0 Å². The predicted octanol–water partition coefficient (Wildman–Crippen LogP) is 4.08. The quantitative estimate of drug-likeness (QED) is 0.791. The minimum Gasteiger partial charge on any atom is -0.484 e. The number of amides is 1. The smallest absolute Gasteiger partial charge is 0.260 e. The van der Waals surface area contributed by atoms with Gasteiger partial charge in [0.2, 0.25) is 0 Å². The zero-order chi connectivity index (χ0) is 18.8. The van der Waals surface area contributed by atoms with E-state index in [1.165, 1.54) is 19.4 Å². The van der Waals surface area contributed by atoms with Crippen LogP contribution in [0.3, 0.4) is 0 Å². The Hall–Kier alpha value is -1.26. The Kier molecular flexibility index (Phi) is 5.83. The van der Waals surface area contributed by atoms with E-state index in [4.69, 9.17) is 16.3 Å². The van der Waals surface area contributed by atoms with E-state index >= 15 is 0 Å². The molecule has 26 heavy (non-hydrogen) atoms. The van der Waals surface area contributed by atoms with Crippen molar-refractivity contribution in [1.29, 1.82) is 0 Å². The normalized spacial score (nSPS) is 24.2. The summed E-state index contributed by atoms with van der Waals surface area (Å²) in [6, 6.07) is 7.15. The van der Waals surface area contributed by atoms with Crippen molar-refractivity contribution >= 4 is 17.5 Å². The van der Waals surface area contributed by atoms with Crippen molar-refractivity contribution in [3.63, 3.8) is 0 Å². The molecule has 2 aliphatic heterocycles. The van der Waals surface area contributed by atoms with Gasteiger partial charge in [0.25, 0.3) is 5.91 Å². The number of ether oxygens (including phenoxy) is 1. The van der Waals surface area contributed by atoms with Gasteiger partial charge in [-0.3, -0.25) is 4.79 Å². The largest absolute Gasteiger partial charge is 0.484 e. The summed E-state index contributed by atoms with van der Waals surface area (Å²) in [5, 5.41) is 0.669. The highest BCUT2D eigenvalue weighted by molar-refractivity contribution is 6.30. The van der Waals surface area contributed by atoms with E-state index in [-0.39, 0.29) is 17.9 Å². The van der Waals surface area contributed by atoms with Crippen molar-refractivity contribution in [2.24, 2.45) is 10.8 Å². The average molecular weight is 379 g/mol. The molecule has 2 fully saturated rings. The predicted molar refractivity (Wildman–Crippen MR) is 106 cm³/mol. The molecule has 5 heteroatoms. The zero-order valence-electron chi connectivity index (χ0n) is 16.3. The Morgan fingerprint density at radius 1 is 1.15 bits per heavy atom. The molecular formula is C21H31ClN2O2. The molecule has 1 spiro atoms. The summed E-state index contributed by atoms with van der Waals surface area (Å²) in [4.78, 5) is 17.2. The molecule has 144 valence electrons. The summed E-state index contributed by atoms with van der Waals surface area (Å²) in [6.07, 6.45) is 3.58. The van der Waals surface area contributed by atoms with Gasteiger partial charge in [0.15, 0.2) is 6.61 Å². The first kappa shape index (κ1) is 19.5. The lowest BCUT2D eigenvalue weighted by atomic mass is 9.78. The third kappa shape index (κ3) is 5.14. The monoisotopic (exact) mass is 378 g/mol. The van der Waals surface area contributed by atoms with E-state index in [0.717, 1.165) is 32.6 Å². The Morgan fingerprint density at radius 2 is 1.88 bits per heavy atom. The van der Waals surface area contributed by atoms with Crippen LogP contribution < -0.4 is 4.74 Å². The number of rotatable bonds is 4. The number of benzene rings is 1. The van der Waals surface area contributed by atoms with Crippen molar-refractivity contribution in [2.45, 2.75) is 40.0 Å². The van der Waals surface area contributed by atoms with Gasteiger partial charge >= 0.3 is 0 Å². The van der Waals surface area contributed by atoms with Crippen molar-refractivity contribution in [1.82, 2.24) is 9.80 Å². The fraction of sp³-hybridized carbons (Fsp3) is 0.667. The van der Waals surface area contributed by atoms with Crippen LogP contribution in [0, 0.1) is 10.8 Å². The number of hydrogen-bond donors (Lipinski definition) is 0. The summed E-state index contributed by atoms with van der Waals surface area (Å²) in [5.41, 5.74) is 0.596. The maximum atomic E-state index is 12.6. The van der Waals surface area contributed by atoms with Crippen molar-refractivity contribution in [2.75, 3.05) is 39.3 Å². The molecule has 1 atom stereocenters. The van der Waals surface area contributed by atoms with E-state index in [9.17, 15) is 4.79 Å². The Balaban J connectivity index is 1.52. The third-order valence-corrected chi connectivity index (χ3v) is 5.66. The molecule has 1 aromatic rings. The number of nitrogens with zero attached hydrogens (tertiary/aromatic N) is 2. The molecule has 1 aromatic carbocycles. The highest BCUT2D eigenvalue weighted by Gasteiger charge is 2.43. The average Bonchev–Trinajstić information content (AvgIpc) is 2.96. The van der Waals surface area contributed by atoms with Gasteiger partial charge in [-0.15, -0.1) is 0 Å². The number of piperidine rings is 1. The molecule has 0 unspecified atom stereocenters. The number of likely N-dealkylation sites (tertiary alicyclic amines) is 2. The van der Waals surface area contributed by atoms with Crippen LogP contribution in [-0.2, 0) is 4.79 Å². The number of carbonyl (C=O) groups excluding carboxylic acids is 1. The number of hydrogen-bond acceptors (Lipinski definition) is 3. The van der Waals surface area contributed by atoms with Gasteiger partial charge < -0.3 is 14.5 Å². The van der Waals surface area contributed by atoms with E-state index in [1.54, 1.807) is 24.3 Å². The lowest BCUT2D eigenvalue weighted by molar-refractivity contribution is -0.132. The maximum absolute atomic E-state index is 12.6. The molecule has 0 aromatic heterocycles. The summed E-state index contributed by atoms with van der Waals surface area (Å²) in [7, 11) is 0. The van der Waals surface area contributed by atoms with Crippen LogP contribution >= 0.6 is 11.6 Å².